The van der Waals surface area contributed by atoms with Crippen LogP contribution in [0.1, 0.15) is 18.6 Å². The number of aliphatic hydroxyl groups excluding tert-OH is 1. The zero-order valence-corrected chi connectivity index (χ0v) is 9.72. The van der Waals surface area contributed by atoms with E-state index in [1.54, 1.807) is 6.92 Å². The fourth-order valence-corrected chi connectivity index (χ4v) is 1.51. The van der Waals surface area contributed by atoms with Gasteiger partial charge in [0.05, 0.1) is 16.6 Å². The summed E-state index contributed by atoms with van der Waals surface area (Å²) in [6.45, 7) is 2.00. The molecule has 0 amide bonds. The molecule has 0 spiro atoms. The van der Waals surface area contributed by atoms with E-state index in [1.807, 2.05) is 0 Å². The molecule has 0 aliphatic heterocycles. The third kappa shape index (κ3) is 2.96. The van der Waals surface area contributed by atoms with Gasteiger partial charge in [-0.1, -0.05) is 0 Å². The molecule has 1 aromatic carbocycles. The summed E-state index contributed by atoms with van der Waals surface area (Å²) in [6, 6.07) is 2.35. The molecule has 0 saturated carbocycles. The second-order valence-corrected chi connectivity index (χ2v) is 3.79. The molecule has 1 rings (SSSR count). The van der Waals surface area contributed by atoms with E-state index >= 15 is 0 Å². The molecule has 0 fully saturated rings. The first-order chi connectivity index (χ1) is 7.07. The van der Waals surface area contributed by atoms with E-state index in [4.69, 9.17) is 4.74 Å². The van der Waals surface area contributed by atoms with E-state index in [0.29, 0.717) is 6.61 Å². The Hall–Kier alpha value is -0.520. The summed E-state index contributed by atoms with van der Waals surface area (Å²) >= 11 is 2.92. The number of rotatable bonds is 4. The number of hydrogen-bond acceptors (Lipinski definition) is 2. The highest BCUT2D eigenvalue weighted by Gasteiger charge is 2.19. The van der Waals surface area contributed by atoms with Crippen LogP contribution in [-0.2, 0) is 4.74 Å². The molecule has 0 aliphatic rings. The van der Waals surface area contributed by atoms with Crippen LogP contribution in [0.3, 0.4) is 0 Å². The second kappa shape index (κ2) is 5.53. The summed E-state index contributed by atoms with van der Waals surface area (Å²) in [5.74, 6) is -1.56. The number of hydrogen-bond donors (Lipinski definition) is 1. The van der Waals surface area contributed by atoms with Gasteiger partial charge in [0.1, 0.15) is 17.7 Å². The zero-order chi connectivity index (χ0) is 11.4. The van der Waals surface area contributed by atoms with Gasteiger partial charge >= 0.3 is 0 Å². The van der Waals surface area contributed by atoms with Crippen molar-refractivity contribution in [1.82, 2.24) is 0 Å². The highest BCUT2D eigenvalue weighted by Crippen LogP contribution is 2.26. The highest BCUT2D eigenvalue weighted by molar-refractivity contribution is 9.10. The third-order valence-electron chi connectivity index (χ3n) is 1.89. The summed E-state index contributed by atoms with van der Waals surface area (Å²) in [5.41, 5.74) is -0.363. The average Bonchev–Trinajstić information content (AvgIpc) is 2.21. The lowest BCUT2D eigenvalue weighted by Gasteiger charge is -2.13. The van der Waals surface area contributed by atoms with Gasteiger partial charge in [-0.3, -0.25) is 0 Å². The van der Waals surface area contributed by atoms with Gasteiger partial charge in [0, 0.05) is 6.61 Å². The molecule has 0 radical (unpaired) electrons. The Bertz CT molecular complexity index is 344. The molecule has 0 bridgehead atoms. The van der Waals surface area contributed by atoms with E-state index < -0.39 is 17.7 Å². The van der Waals surface area contributed by atoms with Crippen molar-refractivity contribution < 1.29 is 18.6 Å². The molecule has 0 aromatic heterocycles. The SMILES string of the molecule is CCOCC(O)c1c(F)ccc(Br)c1F. The molecule has 1 atom stereocenters. The van der Waals surface area contributed by atoms with Crippen LogP contribution in [-0.4, -0.2) is 18.3 Å². The first-order valence-corrected chi connectivity index (χ1v) is 5.26. The lowest BCUT2D eigenvalue weighted by atomic mass is 10.1. The zero-order valence-electron chi connectivity index (χ0n) is 8.14. The van der Waals surface area contributed by atoms with Crippen molar-refractivity contribution in [2.75, 3.05) is 13.2 Å². The summed E-state index contributed by atoms with van der Waals surface area (Å²) in [4.78, 5) is 0. The van der Waals surface area contributed by atoms with E-state index in [2.05, 4.69) is 15.9 Å². The molecule has 0 saturated heterocycles. The van der Waals surface area contributed by atoms with Crippen molar-refractivity contribution in [2.45, 2.75) is 13.0 Å². The van der Waals surface area contributed by atoms with Gasteiger partial charge in [-0.05, 0) is 35.0 Å². The summed E-state index contributed by atoms with van der Waals surface area (Å²) < 4.78 is 31.7. The summed E-state index contributed by atoms with van der Waals surface area (Å²) in [7, 11) is 0. The van der Waals surface area contributed by atoms with Crippen molar-refractivity contribution in [1.29, 1.82) is 0 Å². The van der Waals surface area contributed by atoms with Crippen molar-refractivity contribution in [3.63, 3.8) is 0 Å². The molecule has 1 aromatic rings. The largest absolute Gasteiger partial charge is 0.386 e. The van der Waals surface area contributed by atoms with Crippen molar-refractivity contribution in [3.8, 4) is 0 Å². The molecule has 84 valence electrons. The molecular formula is C10H11BrF2O2. The van der Waals surface area contributed by atoms with E-state index in [0.717, 1.165) is 6.07 Å². The maximum absolute atomic E-state index is 13.4. The van der Waals surface area contributed by atoms with E-state index in [-0.39, 0.29) is 16.6 Å². The highest BCUT2D eigenvalue weighted by atomic mass is 79.9. The summed E-state index contributed by atoms with van der Waals surface area (Å²) in [6.07, 6.45) is -1.29. The van der Waals surface area contributed by atoms with Crippen molar-refractivity contribution >= 4 is 15.9 Å². The van der Waals surface area contributed by atoms with Gasteiger partial charge < -0.3 is 9.84 Å². The molecular weight excluding hydrogens is 270 g/mol. The number of halogens is 3. The number of ether oxygens (including phenoxy) is 1. The monoisotopic (exact) mass is 280 g/mol. The van der Waals surface area contributed by atoms with Gasteiger partial charge in [0.2, 0.25) is 0 Å². The molecule has 15 heavy (non-hydrogen) atoms. The van der Waals surface area contributed by atoms with Gasteiger partial charge in [0.15, 0.2) is 0 Å². The van der Waals surface area contributed by atoms with Crippen LogP contribution in [0.15, 0.2) is 16.6 Å². The molecule has 1 N–H and O–H groups in total. The van der Waals surface area contributed by atoms with Crippen LogP contribution in [0.2, 0.25) is 0 Å². The Kier molecular flexibility index (Phi) is 4.63. The minimum absolute atomic E-state index is 0.120. The lowest BCUT2D eigenvalue weighted by Crippen LogP contribution is -2.11. The Morgan fingerprint density at radius 3 is 2.73 bits per heavy atom. The second-order valence-electron chi connectivity index (χ2n) is 2.93. The van der Waals surface area contributed by atoms with Crippen molar-refractivity contribution in [2.24, 2.45) is 0 Å². The van der Waals surface area contributed by atoms with Crippen LogP contribution >= 0.6 is 15.9 Å². The van der Waals surface area contributed by atoms with Crippen LogP contribution in [0.25, 0.3) is 0 Å². The molecule has 0 heterocycles. The van der Waals surface area contributed by atoms with Gasteiger partial charge in [-0.2, -0.15) is 0 Å². The smallest absolute Gasteiger partial charge is 0.146 e. The Balaban J connectivity index is 2.96. The first-order valence-electron chi connectivity index (χ1n) is 4.47. The van der Waals surface area contributed by atoms with Crippen LogP contribution in [0, 0.1) is 11.6 Å². The molecule has 0 aliphatic carbocycles. The van der Waals surface area contributed by atoms with Crippen molar-refractivity contribution in [3.05, 3.63) is 33.8 Å². The normalized spacial score (nSPS) is 12.9. The fourth-order valence-electron chi connectivity index (χ4n) is 1.16. The molecule has 5 heteroatoms. The minimum Gasteiger partial charge on any atom is -0.386 e. The third-order valence-corrected chi connectivity index (χ3v) is 2.50. The molecule has 1 unspecified atom stereocenters. The Morgan fingerprint density at radius 1 is 1.47 bits per heavy atom. The average molecular weight is 281 g/mol. The number of benzene rings is 1. The van der Waals surface area contributed by atoms with Crippen LogP contribution in [0.4, 0.5) is 8.78 Å². The topological polar surface area (TPSA) is 29.5 Å². The van der Waals surface area contributed by atoms with Gasteiger partial charge in [-0.15, -0.1) is 0 Å². The van der Waals surface area contributed by atoms with Crippen LogP contribution in [0.5, 0.6) is 0 Å². The predicted molar refractivity (Wildman–Crippen MR) is 55.5 cm³/mol. The predicted octanol–water partition coefficient (Wildman–Crippen LogP) is 2.80. The maximum atomic E-state index is 13.4. The quantitative estimate of drug-likeness (QED) is 0.860. The standard InChI is InChI=1S/C10H11BrF2O2/c1-2-15-5-8(14)9-7(12)4-3-6(11)10(9)13/h3-4,8,14H,2,5H2,1H3. The minimum atomic E-state index is -1.29. The fraction of sp³-hybridized carbons (Fsp3) is 0.400. The van der Waals surface area contributed by atoms with E-state index in [9.17, 15) is 13.9 Å². The van der Waals surface area contributed by atoms with Gasteiger partial charge in [0.25, 0.3) is 0 Å². The molecule has 2 nitrogen and oxygen atoms in total. The Labute approximate surface area is 95.0 Å². The Morgan fingerprint density at radius 2 is 2.13 bits per heavy atom. The number of aliphatic hydroxyl groups is 1. The van der Waals surface area contributed by atoms with E-state index in [1.165, 1.54) is 6.07 Å². The lowest BCUT2D eigenvalue weighted by molar-refractivity contribution is 0.0380. The van der Waals surface area contributed by atoms with Crippen LogP contribution < -0.4 is 0 Å². The maximum Gasteiger partial charge on any atom is 0.146 e. The first kappa shape index (κ1) is 12.5. The van der Waals surface area contributed by atoms with Gasteiger partial charge in [-0.25, -0.2) is 8.78 Å². The summed E-state index contributed by atoms with van der Waals surface area (Å²) in [5, 5.41) is 9.51.